The lowest BCUT2D eigenvalue weighted by atomic mass is 10.1. The standard InChI is InChI=1S/C13H17N5OS/c1-9-3-4-11(7-10(9)2)20-6-5-18-8-12(16-17-18)13(19)15-14/h3-4,7-8H,5-6,14H2,1-2H3,(H,15,19). The van der Waals surface area contributed by atoms with Gasteiger partial charge in [0.05, 0.1) is 12.7 Å². The summed E-state index contributed by atoms with van der Waals surface area (Å²) in [5.74, 6) is 5.46. The van der Waals surface area contributed by atoms with Gasteiger partial charge in [-0.2, -0.15) is 0 Å². The van der Waals surface area contributed by atoms with Gasteiger partial charge in [0, 0.05) is 10.6 Å². The highest BCUT2D eigenvalue weighted by Gasteiger charge is 2.08. The highest BCUT2D eigenvalue weighted by Crippen LogP contribution is 2.21. The lowest BCUT2D eigenvalue weighted by Crippen LogP contribution is -2.30. The smallest absolute Gasteiger partial charge is 0.287 e. The third-order valence-corrected chi connectivity index (χ3v) is 3.94. The predicted octanol–water partition coefficient (Wildman–Crippen LogP) is 1.29. The molecule has 1 amide bonds. The second-order valence-electron chi connectivity index (χ2n) is 4.43. The quantitative estimate of drug-likeness (QED) is 0.375. The largest absolute Gasteiger partial charge is 0.289 e. The van der Waals surface area contributed by atoms with E-state index in [1.54, 1.807) is 22.6 Å². The van der Waals surface area contributed by atoms with Crippen molar-refractivity contribution in [3.05, 3.63) is 41.2 Å². The number of amides is 1. The first-order valence-electron chi connectivity index (χ1n) is 6.21. The van der Waals surface area contributed by atoms with Crippen LogP contribution in [0.4, 0.5) is 0 Å². The van der Waals surface area contributed by atoms with Crippen LogP contribution in [0.5, 0.6) is 0 Å². The number of nitrogens with two attached hydrogens (primary N) is 1. The molecule has 0 fully saturated rings. The Hall–Kier alpha value is -1.86. The first-order chi connectivity index (χ1) is 9.60. The van der Waals surface area contributed by atoms with Crippen LogP contribution < -0.4 is 11.3 Å². The number of aromatic nitrogens is 3. The van der Waals surface area contributed by atoms with Crippen LogP contribution in [0.1, 0.15) is 21.6 Å². The van der Waals surface area contributed by atoms with Crippen molar-refractivity contribution in [2.24, 2.45) is 5.84 Å². The number of benzene rings is 1. The minimum atomic E-state index is -0.432. The van der Waals surface area contributed by atoms with Gasteiger partial charge in [-0.3, -0.25) is 14.9 Å². The number of nitrogen functional groups attached to an aromatic ring is 1. The van der Waals surface area contributed by atoms with Gasteiger partial charge in [0.15, 0.2) is 5.69 Å². The van der Waals surface area contributed by atoms with Crippen LogP contribution in [0.2, 0.25) is 0 Å². The molecule has 0 saturated heterocycles. The number of thioether (sulfide) groups is 1. The van der Waals surface area contributed by atoms with Gasteiger partial charge in [-0.1, -0.05) is 11.3 Å². The molecular weight excluding hydrogens is 274 g/mol. The molecule has 1 heterocycles. The van der Waals surface area contributed by atoms with E-state index >= 15 is 0 Å². The van der Waals surface area contributed by atoms with E-state index in [1.807, 2.05) is 5.43 Å². The van der Waals surface area contributed by atoms with Gasteiger partial charge in [-0.25, -0.2) is 5.84 Å². The molecule has 20 heavy (non-hydrogen) atoms. The first-order valence-corrected chi connectivity index (χ1v) is 7.20. The molecule has 2 rings (SSSR count). The van der Waals surface area contributed by atoms with Crippen molar-refractivity contribution in [3.63, 3.8) is 0 Å². The van der Waals surface area contributed by atoms with Gasteiger partial charge in [0.2, 0.25) is 0 Å². The third kappa shape index (κ3) is 3.58. The van der Waals surface area contributed by atoms with Crippen LogP contribution in [-0.2, 0) is 6.54 Å². The lowest BCUT2D eigenvalue weighted by molar-refractivity contribution is 0.0948. The Bertz CT molecular complexity index is 611. The van der Waals surface area contributed by atoms with E-state index in [4.69, 9.17) is 5.84 Å². The van der Waals surface area contributed by atoms with Crippen molar-refractivity contribution in [2.75, 3.05) is 5.75 Å². The van der Waals surface area contributed by atoms with E-state index in [2.05, 4.69) is 42.4 Å². The first kappa shape index (κ1) is 14.5. The van der Waals surface area contributed by atoms with Crippen LogP contribution in [-0.4, -0.2) is 26.7 Å². The monoisotopic (exact) mass is 291 g/mol. The molecular formula is C13H17N5OS. The summed E-state index contributed by atoms with van der Waals surface area (Å²) in [6.45, 7) is 4.89. The number of carbonyl (C=O) groups excluding carboxylic acids is 1. The summed E-state index contributed by atoms with van der Waals surface area (Å²) in [7, 11) is 0. The molecule has 7 heteroatoms. The fraction of sp³-hybridized carbons (Fsp3) is 0.308. The second-order valence-corrected chi connectivity index (χ2v) is 5.60. The molecule has 0 bridgehead atoms. The van der Waals surface area contributed by atoms with Crippen molar-refractivity contribution >= 4 is 17.7 Å². The van der Waals surface area contributed by atoms with Gasteiger partial charge in [0.1, 0.15) is 0 Å². The number of carbonyl (C=O) groups is 1. The Labute approximate surface area is 121 Å². The molecule has 3 N–H and O–H groups in total. The summed E-state index contributed by atoms with van der Waals surface area (Å²) in [6.07, 6.45) is 1.59. The Morgan fingerprint density at radius 1 is 1.40 bits per heavy atom. The number of nitrogens with one attached hydrogen (secondary N) is 1. The van der Waals surface area contributed by atoms with Gasteiger partial charge >= 0.3 is 0 Å². The third-order valence-electron chi connectivity index (χ3n) is 2.97. The molecule has 0 radical (unpaired) electrons. The maximum Gasteiger partial charge on any atom is 0.287 e. The molecule has 1 aromatic heterocycles. The van der Waals surface area contributed by atoms with Gasteiger partial charge in [-0.05, 0) is 37.1 Å². The molecule has 0 aliphatic carbocycles. The molecule has 2 aromatic rings. The number of rotatable bonds is 5. The maximum atomic E-state index is 11.2. The van der Waals surface area contributed by atoms with Crippen molar-refractivity contribution in [1.82, 2.24) is 20.4 Å². The van der Waals surface area contributed by atoms with Crippen LogP contribution in [0.25, 0.3) is 0 Å². The summed E-state index contributed by atoms with van der Waals surface area (Å²) in [5, 5.41) is 7.63. The predicted molar refractivity (Wildman–Crippen MR) is 78.3 cm³/mol. The summed E-state index contributed by atoms with van der Waals surface area (Å²) in [4.78, 5) is 12.5. The fourth-order valence-electron chi connectivity index (χ4n) is 1.65. The zero-order valence-electron chi connectivity index (χ0n) is 11.5. The van der Waals surface area contributed by atoms with Crippen LogP contribution in [0.3, 0.4) is 0 Å². The topological polar surface area (TPSA) is 85.8 Å². The summed E-state index contributed by atoms with van der Waals surface area (Å²) >= 11 is 1.75. The highest BCUT2D eigenvalue weighted by molar-refractivity contribution is 7.99. The maximum absolute atomic E-state index is 11.2. The van der Waals surface area contributed by atoms with Gasteiger partial charge in [0.25, 0.3) is 5.91 Å². The Morgan fingerprint density at radius 2 is 2.20 bits per heavy atom. The summed E-state index contributed by atoms with van der Waals surface area (Å²) in [6, 6.07) is 6.41. The van der Waals surface area contributed by atoms with E-state index in [9.17, 15) is 4.79 Å². The molecule has 0 atom stereocenters. The number of aryl methyl sites for hydroxylation is 3. The van der Waals surface area contributed by atoms with E-state index in [0.717, 1.165) is 5.75 Å². The second kappa shape index (κ2) is 6.53. The number of nitrogens with zero attached hydrogens (tertiary/aromatic N) is 3. The number of hydrazine groups is 1. The van der Waals surface area contributed by atoms with Crippen LogP contribution in [0.15, 0.2) is 29.3 Å². The van der Waals surface area contributed by atoms with Crippen LogP contribution >= 0.6 is 11.8 Å². The van der Waals surface area contributed by atoms with Crippen molar-refractivity contribution in [2.45, 2.75) is 25.3 Å². The van der Waals surface area contributed by atoms with Crippen molar-refractivity contribution in [3.8, 4) is 0 Å². The minimum absolute atomic E-state index is 0.226. The molecule has 106 valence electrons. The Morgan fingerprint density at radius 3 is 2.90 bits per heavy atom. The van der Waals surface area contributed by atoms with Gasteiger partial charge in [-0.15, -0.1) is 16.9 Å². The van der Waals surface area contributed by atoms with E-state index in [-0.39, 0.29) is 5.69 Å². The number of hydrogen-bond acceptors (Lipinski definition) is 5. The average Bonchev–Trinajstić information content (AvgIpc) is 2.91. The minimum Gasteiger partial charge on any atom is -0.289 e. The fourth-order valence-corrected chi connectivity index (χ4v) is 2.58. The van der Waals surface area contributed by atoms with Crippen molar-refractivity contribution < 1.29 is 4.79 Å². The molecule has 6 nitrogen and oxygen atoms in total. The lowest BCUT2D eigenvalue weighted by Gasteiger charge is -2.05. The normalized spacial score (nSPS) is 10.6. The van der Waals surface area contributed by atoms with Gasteiger partial charge < -0.3 is 0 Å². The Balaban J connectivity index is 1.88. The molecule has 0 aliphatic rings. The molecule has 0 unspecified atom stereocenters. The van der Waals surface area contributed by atoms with E-state index in [0.29, 0.717) is 6.54 Å². The molecule has 0 spiro atoms. The van der Waals surface area contributed by atoms with E-state index < -0.39 is 5.91 Å². The van der Waals surface area contributed by atoms with Crippen molar-refractivity contribution in [1.29, 1.82) is 0 Å². The molecule has 1 aromatic carbocycles. The average molecular weight is 291 g/mol. The highest BCUT2D eigenvalue weighted by atomic mass is 32.2. The SMILES string of the molecule is Cc1ccc(SCCn2cc(C(=O)NN)nn2)cc1C. The summed E-state index contributed by atoms with van der Waals surface area (Å²) in [5.41, 5.74) is 4.84. The zero-order valence-corrected chi connectivity index (χ0v) is 12.3. The van der Waals surface area contributed by atoms with Crippen LogP contribution in [0, 0.1) is 13.8 Å². The summed E-state index contributed by atoms with van der Waals surface area (Å²) < 4.78 is 1.64. The molecule has 0 aliphatic heterocycles. The Kier molecular flexibility index (Phi) is 4.75. The van der Waals surface area contributed by atoms with E-state index in [1.165, 1.54) is 16.0 Å². The number of hydrogen-bond donors (Lipinski definition) is 2. The molecule has 0 saturated carbocycles. The zero-order chi connectivity index (χ0) is 14.5.